The average Bonchev–Trinajstić information content (AvgIpc) is 3.53. The van der Waals surface area contributed by atoms with E-state index in [1.54, 1.807) is 0 Å². The number of carboxylic acids is 3. The van der Waals surface area contributed by atoms with E-state index in [-0.39, 0.29) is 40.2 Å². The van der Waals surface area contributed by atoms with Gasteiger partial charge in [-0.2, -0.15) is 0 Å². The van der Waals surface area contributed by atoms with Crippen molar-refractivity contribution in [3.63, 3.8) is 0 Å². The molecule has 3 heterocycles. The van der Waals surface area contributed by atoms with Crippen LogP contribution in [-0.4, -0.2) is 66.3 Å². The molecule has 0 bridgehead atoms. The normalized spacial score (nSPS) is 12.4. The summed E-state index contributed by atoms with van der Waals surface area (Å²) in [5.74, 6) is -3.06. The van der Waals surface area contributed by atoms with Crippen LogP contribution in [0.3, 0.4) is 0 Å². The fourth-order valence-electron chi connectivity index (χ4n) is 2.03. The van der Waals surface area contributed by atoms with Gasteiger partial charge in [-0.05, 0) is 19.3 Å². The molecule has 0 unspecified atom stereocenters. The zero-order chi connectivity index (χ0) is 24.8. The molecule has 3 rings (SSSR count). The maximum Gasteiger partial charge on any atom is 2.00 e. The molecule has 3 atom stereocenters. The number of nitrogens with zero attached hydrogens (tertiary/aromatic N) is 6. The molecule has 34 heavy (non-hydrogen) atoms. The van der Waals surface area contributed by atoms with Crippen LogP contribution in [0.25, 0.3) is 0 Å². The van der Waals surface area contributed by atoms with Crippen molar-refractivity contribution in [1.29, 1.82) is 0 Å². The quantitative estimate of drug-likeness (QED) is 0.152. The second-order valence-corrected chi connectivity index (χ2v) is 6.49. The summed E-state index contributed by atoms with van der Waals surface area (Å²) in [4.78, 5) is 53.1. The molecule has 0 aliphatic carbocycles. The number of rotatable bonds is 9. The monoisotopic (exact) mass is 527 g/mol. The molecule has 9 N–H and O–H groups in total. The zero-order valence-electron chi connectivity index (χ0n) is 19.0. The number of carbonyl (C=O) groups is 3. The molecule has 0 saturated heterocycles. The fraction of sp³-hybridized carbons (Fsp3) is 0.333. The first-order chi connectivity index (χ1) is 15.6. The van der Waals surface area contributed by atoms with E-state index < -0.39 is 36.0 Å². The zero-order valence-corrected chi connectivity index (χ0v) is 21.0. The van der Waals surface area contributed by atoms with Crippen molar-refractivity contribution in [3.05, 3.63) is 54.7 Å². The summed E-state index contributed by atoms with van der Waals surface area (Å²) >= 11 is 0. The first-order valence-corrected chi connectivity index (χ1v) is 9.30. The number of carboxylic acid groups (broad SMARTS) is 3. The van der Waals surface area contributed by atoms with Gasteiger partial charge in [0.15, 0.2) is 0 Å². The molecule has 0 spiro atoms. The predicted octanol–water partition coefficient (Wildman–Crippen LogP) is -2.91. The van der Waals surface area contributed by atoms with Crippen molar-refractivity contribution >= 4 is 17.9 Å². The van der Waals surface area contributed by atoms with Crippen LogP contribution < -0.4 is 32.2 Å². The molecule has 0 amide bonds. The molecule has 15 nitrogen and oxygen atoms in total. The first kappa shape index (κ1) is 30.5. The predicted molar refractivity (Wildman–Crippen MR) is 112 cm³/mol. The van der Waals surface area contributed by atoms with Gasteiger partial charge in [-0.15, -0.1) is 0 Å². The smallest absolute Gasteiger partial charge is 0.480 e. The molecule has 0 saturated carbocycles. The number of hydrogen-bond acceptors (Lipinski definition) is 9. The van der Waals surface area contributed by atoms with Gasteiger partial charge >= 0.3 is 38.8 Å². The summed E-state index contributed by atoms with van der Waals surface area (Å²) < 4.78 is 0. The summed E-state index contributed by atoms with van der Waals surface area (Å²) in [5, 5.41) is 25.2. The maximum atomic E-state index is 10.3. The molecule has 0 fully saturated rings. The van der Waals surface area contributed by atoms with Gasteiger partial charge in [0.2, 0.25) is 0 Å². The maximum absolute atomic E-state index is 10.3. The minimum Gasteiger partial charge on any atom is -0.480 e. The minimum absolute atomic E-state index is 0. The Hall–Kier alpha value is -3.46. The van der Waals surface area contributed by atoms with E-state index in [4.69, 9.17) is 32.5 Å². The van der Waals surface area contributed by atoms with Crippen molar-refractivity contribution in [2.45, 2.75) is 37.4 Å². The van der Waals surface area contributed by atoms with E-state index in [0.29, 0.717) is 17.1 Å². The van der Waals surface area contributed by atoms with Crippen molar-refractivity contribution in [2.75, 3.05) is 0 Å². The molecule has 0 aliphatic heterocycles. The fourth-order valence-corrected chi connectivity index (χ4v) is 2.03. The summed E-state index contributed by atoms with van der Waals surface area (Å²) in [7, 11) is 0. The topological polar surface area (TPSA) is 271 Å². The Balaban J connectivity index is 0. The first-order valence-electron chi connectivity index (χ1n) is 9.30. The van der Waals surface area contributed by atoms with Crippen molar-refractivity contribution in [2.24, 2.45) is 17.2 Å². The van der Waals surface area contributed by atoms with Gasteiger partial charge in [-0.3, -0.25) is 14.4 Å². The van der Waals surface area contributed by atoms with E-state index in [0.717, 1.165) is 0 Å². The number of hydrogen-bond donors (Lipinski definition) is 6. The number of imidazole rings is 3. The third kappa shape index (κ3) is 12.5. The van der Waals surface area contributed by atoms with E-state index in [9.17, 15) is 14.4 Å². The van der Waals surface area contributed by atoms with Crippen LogP contribution in [0.2, 0.25) is 0 Å². The Morgan fingerprint density at radius 3 is 1.06 bits per heavy atom. The number of nitrogens with two attached hydrogens (primary N) is 3. The third-order valence-electron chi connectivity index (χ3n) is 3.78. The van der Waals surface area contributed by atoms with Crippen LogP contribution in [0, 0.1) is 0 Å². The van der Waals surface area contributed by atoms with Crippen LogP contribution in [0.5, 0.6) is 0 Å². The molecule has 0 aliphatic rings. The largest absolute Gasteiger partial charge is 2.00 e. The molecule has 3 aromatic heterocycles. The molecule has 180 valence electrons. The van der Waals surface area contributed by atoms with E-state index in [1.165, 1.54) is 37.6 Å². The van der Waals surface area contributed by atoms with Gasteiger partial charge in [0, 0.05) is 0 Å². The summed E-state index contributed by atoms with van der Waals surface area (Å²) in [5.41, 5.74) is 17.6. The van der Waals surface area contributed by atoms with Crippen molar-refractivity contribution < 1.29 is 50.6 Å². The Bertz CT molecular complexity index is 833. The number of aromatic nitrogens is 6. The van der Waals surface area contributed by atoms with E-state index in [1.807, 2.05) is 0 Å². The Kier molecular flexibility index (Phi) is 14.6. The SMILES string of the molecule is N[C@@H](Cc1c[n-]cn1)C(=O)O.N[C@@H](Cc1c[n-]cn1)C(=O)O.N[C@@H](Cc1c[n-]cn1)C(=O)O.[H+].[Zn+2]. The molecular weight excluding hydrogens is 504 g/mol. The van der Waals surface area contributed by atoms with Crippen LogP contribution in [0.15, 0.2) is 37.6 Å². The summed E-state index contributed by atoms with van der Waals surface area (Å²) in [6, 6.07) is -2.65. The van der Waals surface area contributed by atoms with Crippen LogP contribution in [0.1, 0.15) is 18.5 Å². The second-order valence-electron chi connectivity index (χ2n) is 6.49. The van der Waals surface area contributed by atoms with Crippen molar-refractivity contribution in [3.8, 4) is 0 Å². The van der Waals surface area contributed by atoms with E-state index in [2.05, 4.69) is 29.9 Å². The second kappa shape index (κ2) is 16.2. The van der Waals surface area contributed by atoms with Gasteiger partial charge < -0.3 is 62.4 Å². The van der Waals surface area contributed by atoms with E-state index >= 15 is 0 Å². The van der Waals surface area contributed by atoms with Crippen LogP contribution in [-0.2, 0) is 53.1 Å². The average molecular weight is 529 g/mol. The van der Waals surface area contributed by atoms with Gasteiger partial charge in [0.1, 0.15) is 18.1 Å². The summed E-state index contributed by atoms with van der Waals surface area (Å²) in [6.07, 6.45) is 9.30. The molecule has 16 heteroatoms. The number of aliphatic carboxylic acids is 3. The molecule has 0 radical (unpaired) electrons. The van der Waals surface area contributed by atoms with Crippen LogP contribution >= 0.6 is 0 Å². The Morgan fingerprint density at radius 1 is 0.676 bits per heavy atom. The third-order valence-corrected chi connectivity index (χ3v) is 3.78. The molecule has 0 aromatic carbocycles. The van der Waals surface area contributed by atoms with Gasteiger partial charge in [0.05, 0.1) is 0 Å². The summed E-state index contributed by atoms with van der Waals surface area (Å²) in [6.45, 7) is 0. The Morgan fingerprint density at radius 2 is 0.912 bits per heavy atom. The standard InChI is InChI=1S/3C6H9N3O2.Zn/c3*7-5(6(10)11)1-4-2-8-3-9-4;/h3*2-3,5H,1,7H2,(H2,8,9,10,11);/q;;;+2/p-2/t3*5-;/m000./s1. The van der Waals surface area contributed by atoms with Gasteiger partial charge in [-0.1, -0.05) is 54.7 Å². The molecular formula is C18H25N9O6Zn. The van der Waals surface area contributed by atoms with Gasteiger partial charge in [-0.25, -0.2) is 0 Å². The minimum atomic E-state index is -1.02. The molecule has 3 aromatic rings. The van der Waals surface area contributed by atoms with Crippen LogP contribution in [0.4, 0.5) is 0 Å². The Labute approximate surface area is 207 Å². The van der Waals surface area contributed by atoms with Crippen molar-refractivity contribution in [1.82, 2.24) is 29.9 Å². The van der Waals surface area contributed by atoms with Gasteiger partial charge in [0.25, 0.3) is 0 Å².